The van der Waals surface area contributed by atoms with E-state index in [2.05, 4.69) is 10.6 Å². The van der Waals surface area contributed by atoms with Crippen molar-refractivity contribution in [3.05, 3.63) is 28.2 Å². The summed E-state index contributed by atoms with van der Waals surface area (Å²) in [6.45, 7) is 7.18. The van der Waals surface area contributed by atoms with E-state index in [1.54, 1.807) is 25.1 Å². The molecule has 1 aromatic rings. The summed E-state index contributed by atoms with van der Waals surface area (Å²) < 4.78 is 0. The van der Waals surface area contributed by atoms with E-state index >= 15 is 0 Å². The number of thioether (sulfide) groups is 1. The molecule has 0 aliphatic carbocycles. The number of urea groups is 1. The minimum Gasteiger partial charge on any atom is -0.333 e. The average Bonchev–Trinajstić information content (AvgIpc) is 2.31. The molecule has 0 radical (unpaired) electrons. The van der Waals surface area contributed by atoms with Crippen LogP contribution in [0.25, 0.3) is 0 Å². The van der Waals surface area contributed by atoms with Gasteiger partial charge in [0.25, 0.3) is 0 Å². The van der Waals surface area contributed by atoms with Crippen LogP contribution in [0.3, 0.4) is 0 Å². The monoisotopic (exact) mass is 348 g/mol. The molecule has 7 heteroatoms. The number of amides is 3. The van der Waals surface area contributed by atoms with Gasteiger partial charge >= 0.3 is 6.03 Å². The molecule has 0 aliphatic heterocycles. The fraction of sp³-hybridized carbons (Fsp3) is 0.429. The van der Waals surface area contributed by atoms with Gasteiger partial charge < -0.3 is 5.32 Å². The van der Waals surface area contributed by atoms with Crippen molar-refractivity contribution < 1.29 is 9.59 Å². The molecule has 0 saturated heterocycles. The Hall–Kier alpha value is -0.910. The highest BCUT2D eigenvalue weighted by atomic mass is 35.5. The maximum absolute atomic E-state index is 12.0. The van der Waals surface area contributed by atoms with Crippen molar-refractivity contribution in [3.8, 4) is 0 Å². The summed E-state index contributed by atoms with van der Waals surface area (Å²) in [7, 11) is 0. The minimum atomic E-state index is -0.523. The second-order valence-electron chi connectivity index (χ2n) is 5.50. The first kappa shape index (κ1) is 18.1. The van der Waals surface area contributed by atoms with Crippen molar-refractivity contribution in [2.75, 3.05) is 0 Å². The highest BCUT2D eigenvalue weighted by Crippen LogP contribution is 2.36. The third kappa shape index (κ3) is 6.16. The first-order valence-electron chi connectivity index (χ1n) is 6.34. The van der Waals surface area contributed by atoms with Crippen molar-refractivity contribution in [2.45, 2.75) is 43.4 Å². The van der Waals surface area contributed by atoms with E-state index < -0.39 is 22.7 Å². The number of rotatable bonds is 3. The Morgan fingerprint density at radius 1 is 1.19 bits per heavy atom. The van der Waals surface area contributed by atoms with Gasteiger partial charge in [-0.15, -0.1) is 11.8 Å². The third-order valence-electron chi connectivity index (χ3n) is 2.31. The SMILES string of the molecule is CC(Sc1c(Cl)cccc1Cl)C(=O)NC(=O)NC(C)(C)C. The summed E-state index contributed by atoms with van der Waals surface area (Å²) in [5.41, 5.74) is -0.410. The third-order valence-corrected chi connectivity index (χ3v) is 4.41. The van der Waals surface area contributed by atoms with Crippen LogP contribution in [0.15, 0.2) is 23.1 Å². The fourth-order valence-corrected chi connectivity index (χ4v) is 2.96. The molecule has 1 unspecified atom stereocenters. The number of benzene rings is 1. The minimum absolute atomic E-state index is 0.405. The summed E-state index contributed by atoms with van der Waals surface area (Å²) in [5.74, 6) is -0.405. The predicted octanol–water partition coefficient (Wildman–Crippen LogP) is 4.10. The Kier molecular flexibility index (Phi) is 6.38. The second kappa shape index (κ2) is 7.38. The van der Waals surface area contributed by atoms with E-state index in [0.717, 1.165) is 0 Å². The van der Waals surface area contributed by atoms with Crippen LogP contribution >= 0.6 is 35.0 Å². The van der Waals surface area contributed by atoms with E-state index in [9.17, 15) is 9.59 Å². The van der Waals surface area contributed by atoms with Crippen molar-refractivity contribution >= 4 is 46.9 Å². The van der Waals surface area contributed by atoms with Crippen LogP contribution in [0.1, 0.15) is 27.7 Å². The molecule has 0 aliphatic rings. The van der Waals surface area contributed by atoms with E-state index in [4.69, 9.17) is 23.2 Å². The van der Waals surface area contributed by atoms with Gasteiger partial charge in [0.2, 0.25) is 5.91 Å². The van der Waals surface area contributed by atoms with Crippen LogP contribution in [-0.4, -0.2) is 22.7 Å². The summed E-state index contributed by atoms with van der Waals surface area (Å²) >= 11 is 13.3. The molecule has 116 valence electrons. The molecule has 0 saturated carbocycles. The Bertz CT molecular complexity index is 524. The number of carbonyl (C=O) groups is 2. The summed E-state index contributed by atoms with van der Waals surface area (Å²) in [6, 6.07) is 4.61. The normalized spacial score (nSPS) is 12.7. The number of nitrogens with one attached hydrogen (secondary N) is 2. The highest BCUT2D eigenvalue weighted by molar-refractivity contribution is 8.00. The van der Waals surface area contributed by atoms with Crippen LogP contribution in [0.2, 0.25) is 10.0 Å². The Morgan fingerprint density at radius 2 is 1.71 bits per heavy atom. The highest BCUT2D eigenvalue weighted by Gasteiger charge is 2.21. The molecule has 0 heterocycles. The molecule has 0 spiro atoms. The number of halogens is 2. The lowest BCUT2D eigenvalue weighted by molar-refractivity contribution is -0.119. The van der Waals surface area contributed by atoms with Crippen molar-refractivity contribution in [1.82, 2.24) is 10.6 Å². The zero-order chi connectivity index (χ0) is 16.2. The molecule has 1 aromatic carbocycles. The molecule has 21 heavy (non-hydrogen) atoms. The van der Waals surface area contributed by atoms with E-state index in [1.807, 2.05) is 20.8 Å². The van der Waals surface area contributed by atoms with Gasteiger partial charge in [-0.25, -0.2) is 4.79 Å². The molecule has 0 bridgehead atoms. The summed E-state index contributed by atoms with van der Waals surface area (Å²) in [4.78, 5) is 24.3. The first-order valence-corrected chi connectivity index (χ1v) is 7.97. The maximum atomic E-state index is 12.0. The van der Waals surface area contributed by atoms with Crippen LogP contribution in [-0.2, 0) is 4.79 Å². The largest absolute Gasteiger partial charge is 0.333 e. The smallest absolute Gasteiger partial charge is 0.321 e. The van der Waals surface area contributed by atoms with E-state index in [-0.39, 0.29) is 0 Å². The van der Waals surface area contributed by atoms with Crippen LogP contribution in [0.5, 0.6) is 0 Å². The Morgan fingerprint density at radius 3 is 2.19 bits per heavy atom. The van der Waals surface area contributed by atoms with Crippen LogP contribution in [0.4, 0.5) is 4.79 Å². The standard InChI is InChI=1S/C14H18Cl2N2O2S/c1-8(12(19)17-13(20)18-14(2,3)4)21-11-9(15)6-5-7-10(11)16/h5-8H,1-4H3,(H2,17,18,19,20). The number of hydrogen-bond acceptors (Lipinski definition) is 3. The van der Waals surface area contributed by atoms with Crippen molar-refractivity contribution in [3.63, 3.8) is 0 Å². The van der Waals surface area contributed by atoms with Gasteiger partial charge in [0.05, 0.1) is 15.3 Å². The molecular formula is C14H18Cl2N2O2S. The van der Waals surface area contributed by atoms with Gasteiger partial charge in [0.1, 0.15) is 0 Å². The average molecular weight is 349 g/mol. The molecule has 1 rings (SSSR count). The van der Waals surface area contributed by atoms with Crippen molar-refractivity contribution in [1.29, 1.82) is 0 Å². The first-order chi connectivity index (χ1) is 9.60. The quantitative estimate of drug-likeness (QED) is 0.808. The molecule has 3 amide bonds. The molecule has 0 fully saturated rings. The van der Waals surface area contributed by atoms with Crippen LogP contribution < -0.4 is 10.6 Å². The van der Waals surface area contributed by atoms with Crippen LogP contribution in [0, 0.1) is 0 Å². The molecule has 4 nitrogen and oxygen atoms in total. The van der Waals surface area contributed by atoms with Gasteiger partial charge in [0, 0.05) is 10.4 Å². The topological polar surface area (TPSA) is 58.2 Å². The van der Waals surface area contributed by atoms with Gasteiger partial charge in [-0.1, -0.05) is 29.3 Å². The van der Waals surface area contributed by atoms with E-state index in [0.29, 0.717) is 14.9 Å². The lowest BCUT2D eigenvalue weighted by Gasteiger charge is -2.21. The fourth-order valence-electron chi connectivity index (χ4n) is 1.41. The Balaban J connectivity index is 2.65. The van der Waals surface area contributed by atoms with Gasteiger partial charge in [-0.05, 0) is 39.8 Å². The molecule has 1 atom stereocenters. The van der Waals surface area contributed by atoms with Gasteiger partial charge in [0.15, 0.2) is 0 Å². The number of carbonyl (C=O) groups excluding carboxylic acids is 2. The summed E-state index contributed by atoms with van der Waals surface area (Å²) in [6.07, 6.45) is 0. The zero-order valence-corrected chi connectivity index (χ0v) is 14.6. The zero-order valence-electron chi connectivity index (χ0n) is 12.3. The Labute approximate surface area is 139 Å². The number of imide groups is 1. The summed E-state index contributed by atoms with van der Waals surface area (Å²) in [5, 5.41) is 5.41. The van der Waals surface area contributed by atoms with Crippen molar-refractivity contribution in [2.24, 2.45) is 0 Å². The van der Waals surface area contributed by atoms with E-state index in [1.165, 1.54) is 11.8 Å². The molecule has 2 N–H and O–H groups in total. The number of hydrogen-bond donors (Lipinski definition) is 2. The lowest BCUT2D eigenvalue weighted by Crippen LogP contribution is -2.49. The molecular weight excluding hydrogens is 331 g/mol. The van der Waals surface area contributed by atoms with Gasteiger partial charge in [-0.2, -0.15) is 0 Å². The molecule has 0 aromatic heterocycles. The maximum Gasteiger partial charge on any atom is 0.321 e. The second-order valence-corrected chi connectivity index (χ2v) is 7.67. The lowest BCUT2D eigenvalue weighted by atomic mass is 10.1. The van der Waals surface area contributed by atoms with Gasteiger partial charge in [-0.3, -0.25) is 10.1 Å². The predicted molar refractivity (Wildman–Crippen MR) is 88.2 cm³/mol.